The van der Waals surface area contributed by atoms with Gasteiger partial charge in [-0.3, -0.25) is 4.79 Å². The molecule has 0 bridgehead atoms. The minimum Gasteiger partial charge on any atom is -0.465 e. The Kier molecular flexibility index (Phi) is 5.34. The highest BCUT2D eigenvalue weighted by Crippen LogP contribution is 2.24. The van der Waals surface area contributed by atoms with E-state index in [1.807, 2.05) is 30.3 Å². The van der Waals surface area contributed by atoms with E-state index in [9.17, 15) is 4.79 Å². The number of carbonyl (C=O) groups excluding carboxylic acids is 1. The average molecular weight is 314 g/mol. The first-order chi connectivity index (χ1) is 11.3. The molecule has 0 spiro atoms. The van der Waals surface area contributed by atoms with E-state index in [2.05, 4.69) is 15.4 Å². The molecule has 0 radical (unpaired) electrons. The summed E-state index contributed by atoms with van der Waals surface area (Å²) in [6, 6.07) is 9.75. The zero-order chi connectivity index (χ0) is 15.9. The van der Waals surface area contributed by atoms with E-state index >= 15 is 0 Å². The second kappa shape index (κ2) is 7.85. The zero-order valence-corrected chi connectivity index (χ0v) is 13.2. The molecule has 1 heterocycles. The first kappa shape index (κ1) is 15.6. The van der Waals surface area contributed by atoms with Crippen LogP contribution in [0.4, 0.5) is 0 Å². The number of esters is 1. The molecule has 1 aromatic carbocycles. The van der Waals surface area contributed by atoms with Gasteiger partial charge in [0.2, 0.25) is 5.82 Å². The lowest BCUT2D eigenvalue weighted by atomic mass is 9.89. The predicted octanol–water partition coefficient (Wildman–Crippen LogP) is 2.85. The fourth-order valence-electron chi connectivity index (χ4n) is 2.88. The Hall–Kier alpha value is -2.24. The monoisotopic (exact) mass is 314 g/mol. The third-order valence-corrected chi connectivity index (χ3v) is 4.17. The number of hydrogen-bond acceptors (Lipinski definition) is 5. The molecule has 1 aromatic heterocycles. The molecule has 23 heavy (non-hydrogen) atoms. The summed E-state index contributed by atoms with van der Waals surface area (Å²) in [5, 5.41) is 12.4. The van der Waals surface area contributed by atoms with E-state index in [1.165, 1.54) is 6.42 Å². The van der Waals surface area contributed by atoms with Gasteiger partial charge in [0.1, 0.15) is 0 Å². The summed E-state index contributed by atoms with van der Waals surface area (Å²) in [7, 11) is 0. The molecule has 2 aromatic rings. The molecule has 122 valence electrons. The van der Waals surface area contributed by atoms with Gasteiger partial charge in [0.05, 0.1) is 19.1 Å². The first-order valence-corrected chi connectivity index (χ1v) is 8.33. The van der Waals surface area contributed by atoms with E-state index in [0.717, 1.165) is 31.2 Å². The smallest absolute Gasteiger partial charge is 0.308 e. The van der Waals surface area contributed by atoms with Gasteiger partial charge in [-0.25, -0.2) is 0 Å². The van der Waals surface area contributed by atoms with Gasteiger partial charge >= 0.3 is 5.97 Å². The van der Waals surface area contributed by atoms with E-state index in [4.69, 9.17) is 4.74 Å². The van der Waals surface area contributed by atoms with Crippen molar-refractivity contribution in [2.75, 3.05) is 6.61 Å². The lowest BCUT2D eigenvalue weighted by Crippen LogP contribution is -2.21. The fraction of sp³-hybridized carbons (Fsp3) is 0.529. The van der Waals surface area contributed by atoms with Crippen molar-refractivity contribution in [2.24, 2.45) is 5.92 Å². The average Bonchev–Trinajstić information content (AvgIpc) is 3.09. The Balaban J connectivity index is 1.41. The Morgan fingerprint density at radius 1 is 1.17 bits per heavy atom. The standard InChI is InChI=1S/C17H22N4O2/c22-17(15-10-5-2-6-11-15)23-13-7-12-21-19-16(18-20-21)14-8-3-1-4-9-14/h1,3-4,8-9,15H,2,5-7,10-13H2. The van der Waals surface area contributed by atoms with E-state index < -0.39 is 0 Å². The summed E-state index contributed by atoms with van der Waals surface area (Å²) in [6.45, 7) is 1.01. The van der Waals surface area contributed by atoms with Gasteiger partial charge in [0.25, 0.3) is 0 Å². The van der Waals surface area contributed by atoms with Crippen molar-refractivity contribution < 1.29 is 9.53 Å². The van der Waals surface area contributed by atoms with Crippen LogP contribution in [0.15, 0.2) is 30.3 Å². The number of tetrazole rings is 1. The second-order valence-electron chi connectivity index (χ2n) is 5.93. The van der Waals surface area contributed by atoms with Gasteiger partial charge in [-0.05, 0) is 18.1 Å². The highest BCUT2D eigenvalue weighted by molar-refractivity contribution is 5.72. The topological polar surface area (TPSA) is 69.9 Å². The molecule has 0 atom stereocenters. The van der Waals surface area contributed by atoms with Gasteiger partial charge in [-0.1, -0.05) is 49.6 Å². The molecule has 0 unspecified atom stereocenters. The number of aromatic nitrogens is 4. The van der Waals surface area contributed by atoms with E-state index in [0.29, 0.717) is 25.4 Å². The van der Waals surface area contributed by atoms with Crippen molar-refractivity contribution >= 4 is 5.97 Å². The van der Waals surface area contributed by atoms with Crippen LogP contribution in [0.3, 0.4) is 0 Å². The van der Waals surface area contributed by atoms with Crippen molar-refractivity contribution in [3.8, 4) is 11.4 Å². The summed E-state index contributed by atoms with van der Waals surface area (Å²) >= 11 is 0. The maximum absolute atomic E-state index is 11.9. The van der Waals surface area contributed by atoms with Gasteiger partial charge in [-0.2, -0.15) is 4.80 Å². The van der Waals surface area contributed by atoms with Crippen LogP contribution in [0.5, 0.6) is 0 Å². The number of ether oxygens (including phenoxy) is 1. The third kappa shape index (κ3) is 4.37. The van der Waals surface area contributed by atoms with Gasteiger partial charge in [0.15, 0.2) is 0 Å². The van der Waals surface area contributed by atoms with E-state index in [1.54, 1.807) is 4.80 Å². The summed E-state index contributed by atoms with van der Waals surface area (Å²) < 4.78 is 5.37. The van der Waals surface area contributed by atoms with Crippen molar-refractivity contribution in [3.63, 3.8) is 0 Å². The minimum atomic E-state index is -0.0405. The first-order valence-electron chi connectivity index (χ1n) is 8.33. The fourth-order valence-corrected chi connectivity index (χ4v) is 2.88. The molecule has 1 saturated carbocycles. The van der Waals surface area contributed by atoms with Crippen LogP contribution in [-0.4, -0.2) is 32.8 Å². The van der Waals surface area contributed by atoms with Crippen molar-refractivity contribution in [2.45, 2.75) is 45.1 Å². The van der Waals surface area contributed by atoms with Crippen LogP contribution in [-0.2, 0) is 16.1 Å². The minimum absolute atomic E-state index is 0.0405. The van der Waals surface area contributed by atoms with E-state index in [-0.39, 0.29) is 11.9 Å². The molecule has 1 aliphatic rings. The number of aryl methyl sites for hydroxylation is 1. The maximum atomic E-state index is 11.9. The lowest BCUT2D eigenvalue weighted by molar-refractivity contribution is -0.149. The molecule has 1 fully saturated rings. The Bertz CT molecular complexity index is 621. The molecule has 0 saturated heterocycles. The quantitative estimate of drug-likeness (QED) is 0.605. The van der Waals surface area contributed by atoms with Crippen LogP contribution < -0.4 is 0 Å². The molecule has 0 N–H and O–H groups in total. The number of rotatable bonds is 6. The largest absolute Gasteiger partial charge is 0.465 e. The molecular weight excluding hydrogens is 292 g/mol. The highest BCUT2D eigenvalue weighted by Gasteiger charge is 2.22. The SMILES string of the molecule is O=C(OCCCn1nnc(-c2ccccc2)n1)C1CCCCC1. The molecule has 1 aliphatic carbocycles. The van der Waals surface area contributed by atoms with Crippen LogP contribution in [0.2, 0.25) is 0 Å². The number of carbonyl (C=O) groups is 1. The Labute approximate surface area is 135 Å². The Morgan fingerprint density at radius 2 is 1.96 bits per heavy atom. The van der Waals surface area contributed by atoms with Gasteiger partial charge < -0.3 is 4.74 Å². The summed E-state index contributed by atoms with van der Waals surface area (Å²) in [6.07, 6.45) is 6.18. The molecule has 0 amide bonds. The summed E-state index contributed by atoms with van der Waals surface area (Å²) in [4.78, 5) is 13.5. The molecule has 6 heteroatoms. The third-order valence-electron chi connectivity index (χ3n) is 4.17. The predicted molar refractivity (Wildman–Crippen MR) is 85.4 cm³/mol. The van der Waals surface area contributed by atoms with Gasteiger partial charge in [0, 0.05) is 12.0 Å². The highest BCUT2D eigenvalue weighted by atomic mass is 16.5. The molecule has 0 aliphatic heterocycles. The number of nitrogens with zero attached hydrogens (tertiary/aromatic N) is 4. The van der Waals surface area contributed by atoms with Crippen LogP contribution >= 0.6 is 0 Å². The van der Waals surface area contributed by atoms with Crippen molar-refractivity contribution in [1.29, 1.82) is 0 Å². The van der Waals surface area contributed by atoms with Crippen molar-refractivity contribution in [1.82, 2.24) is 20.2 Å². The molecule has 6 nitrogen and oxygen atoms in total. The second-order valence-corrected chi connectivity index (χ2v) is 5.93. The molecule has 3 rings (SSSR count). The summed E-state index contributed by atoms with van der Waals surface area (Å²) in [5.41, 5.74) is 0.947. The number of hydrogen-bond donors (Lipinski definition) is 0. The van der Waals surface area contributed by atoms with Gasteiger partial charge in [-0.15, -0.1) is 10.2 Å². The summed E-state index contributed by atoms with van der Waals surface area (Å²) in [5.74, 6) is 0.684. The van der Waals surface area contributed by atoms with Crippen LogP contribution in [0, 0.1) is 5.92 Å². The maximum Gasteiger partial charge on any atom is 0.308 e. The normalized spacial score (nSPS) is 15.5. The van der Waals surface area contributed by atoms with Crippen LogP contribution in [0.1, 0.15) is 38.5 Å². The van der Waals surface area contributed by atoms with Crippen molar-refractivity contribution in [3.05, 3.63) is 30.3 Å². The van der Waals surface area contributed by atoms with Crippen LogP contribution in [0.25, 0.3) is 11.4 Å². The lowest BCUT2D eigenvalue weighted by Gasteiger charge is -2.19. The Morgan fingerprint density at radius 3 is 2.74 bits per heavy atom. The molecular formula is C17H22N4O2. The number of benzene rings is 1. The zero-order valence-electron chi connectivity index (χ0n) is 13.2.